The number of anilines is 1. The van der Waals surface area contributed by atoms with E-state index >= 15 is 0 Å². The van der Waals surface area contributed by atoms with Crippen molar-refractivity contribution in [2.45, 2.75) is 6.54 Å². The molecule has 0 aromatic carbocycles. The molecule has 0 unspecified atom stereocenters. The summed E-state index contributed by atoms with van der Waals surface area (Å²) in [5.74, 6) is 1.39. The molecule has 0 bridgehead atoms. The number of aromatic nitrogens is 6. The summed E-state index contributed by atoms with van der Waals surface area (Å²) in [4.78, 5) is 26.5. The average molecular weight is 538 g/mol. The standard InChI is InChI=1S/C29H31N9O2/c1-30-29(39)25-16-34-38-19-22(23-15-33-35(2)18-23)12-24(28(25)38)21-5-6-26(31-14-21)37-10-8-36(9-11-37)17-20-4-7-27(40-3)32-13-20/h4-7,12-16,18-19H,8-11,17H2,1-3H3,(H,30,39). The number of nitrogens with zero attached hydrogens (tertiary/aromatic N) is 8. The second-order valence-corrected chi connectivity index (χ2v) is 9.85. The van der Waals surface area contributed by atoms with E-state index in [1.54, 1.807) is 29.6 Å². The van der Waals surface area contributed by atoms with Crippen LogP contribution >= 0.6 is 0 Å². The van der Waals surface area contributed by atoms with Crippen LogP contribution in [0.25, 0.3) is 27.8 Å². The molecular formula is C29H31N9O2. The maximum absolute atomic E-state index is 12.6. The van der Waals surface area contributed by atoms with Crippen molar-refractivity contribution in [2.24, 2.45) is 7.05 Å². The number of nitrogens with one attached hydrogen (secondary N) is 1. The summed E-state index contributed by atoms with van der Waals surface area (Å²) in [6.45, 7) is 4.52. The van der Waals surface area contributed by atoms with E-state index in [0.717, 1.165) is 66.3 Å². The number of carbonyl (C=O) groups excluding carboxylic acids is 1. The molecule has 0 aliphatic carbocycles. The highest BCUT2D eigenvalue weighted by Crippen LogP contribution is 2.32. The molecule has 11 nitrogen and oxygen atoms in total. The van der Waals surface area contributed by atoms with Crippen molar-refractivity contribution in [1.82, 2.24) is 39.6 Å². The largest absolute Gasteiger partial charge is 0.481 e. The molecule has 5 aromatic heterocycles. The topological polar surface area (TPSA) is 106 Å². The smallest absolute Gasteiger partial charge is 0.254 e. The van der Waals surface area contributed by atoms with Gasteiger partial charge >= 0.3 is 0 Å². The molecule has 6 heterocycles. The van der Waals surface area contributed by atoms with Crippen molar-refractivity contribution in [3.63, 3.8) is 0 Å². The maximum atomic E-state index is 12.6. The highest BCUT2D eigenvalue weighted by atomic mass is 16.5. The fourth-order valence-electron chi connectivity index (χ4n) is 5.12. The second-order valence-electron chi connectivity index (χ2n) is 9.85. The van der Waals surface area contributed by atoms with E-state index < -0.39 is 0 Å². The molecule has 1 amide bonds. The number of hydrogen-bond donors (Lipinski definition) is 1. The molecule has 11 heteroatoms. The molecule has 40 heavy (non-hydrogen) atoms. The van der Waals surface area contributed by atoms with Crippen molar-refractivity contribution >= 4 is 17.2 Å². The Balaban J connectivity index is 1.23. The van der Waals surface area contributed by atoms with E-state index in [1.165, 1.54) is 5.56 Å². The van der Waals surface area contributed by atoms with Crippen molar-refractivity contribution < 1.29 is 9.53 Å². The van der Waals surface area contributed by atoms with Crippen molar-refractivity contribution in [3.05, 3.63) is 78.6 Å². The number of hydrogen-bond acceptors (Lipinski definition) is 8. The minimum Gasteiger partial charge on any atom is -0.481 e. The van der Waals surface area contributed by atoms with Gasteiger partial charge in [0.05, 0.1) is 30.6 Å². The SMILES string of the molecule is CNC(=O)c1cnn2cc(-c3cnn(C)c3)cc(-c3ccc(N4CCN(Cc5ccc(OC)nc5)CC4)nc3)c12. The van der Waals surface area contributed by atoms with Crippen molar-refractivity contribution in [3.8, 4) is 28.1 Å². The van der Waals surface area contributed by atoms with Crippen molar-refractivity contribution in [2.75, 3.05) is 45.2 Å². The first-order chi connectivity index (χ1) is 19.5. The number of pyridine rings is 3. The summed E-state index contributed by atoms with van der Waals surface area (Å²) in [6.07, 6.45) is 11.1. The predicted molar refractivity (Wildman–Crippen MR) is 152 cm³/mol. The number of aryl methyl sites for hydroxylation is 1. The monoisotopic (exact) mass is 537 g/mol. The van der Waals surface area contributed by atoms with E-state index in [-0.39, 0.29) is 5.91 Å². The Labute approximate surface area is 232 Å². The highest BCUT2D eigenvalue weighted by molar-refractivity contribution is 6.05. The lowest BCUT2D eigenvalue weighted by Gasteiger charge is -2.35. The Morgan fingerprint density at radius 1 is 0.925 bits per heavy atom. The number of methoxy groups -OCH3 is 1. The molecule has 1 aliphatic rings. The highest BCUT2D eigenvalue weighted by Gasteiger charge is 2.21. The Kier molecular flexibility index (Phi) is 6.87. The summed E-state index contributed by atoms with van der Waals surface area (Å²) in [5.41, 5.74) is 6.15. The number of amides is 1. The van der Waals surface area contributed by atoms with Gasteiger partial charge in [-0.2, -0.15) is 10.2 Å². The number of ether oxygens (including phenoxy) is 1. The van der Waals surface area contributed by atoms with Crippen LogP contribution in [-0.4, -0.2) is 80.5 Å². The second kappa shape index (κ2) is 10.8. The Morgan fingerprint density at radius 3 is 2.42 bits per heavy atom. The molecule has 1 fully saturated rings. The lowest BCUT2D eigenvalue weighted by atomic mass is 10.0. The lowest BCUT2D eigenvalue weighted by molar-refractivity contribution is 0.0964. The summed E-state index contributed by atoms with van der Waals surface area (Å²) in [6, 6.07) is 10.2. The third-order valence-corrected chi connectivity index (χ3v) is 7.29. The Bertz CT molecular complexity index is 1630. The average Bonchev–Trinajstić information content (AvgIpc) is 3.63. The van der Waals surface area contributed by atoms with E-state index in [2.05, 4.69) is 54.6 Å². The zero-order valence-corrected chi connectivity index (χ0v) is 22.8. The zero-order chi connectivity index (χ0) is 27.6. The van der Waals surface area contributed by atoms with Crippen LogP contribution in [0.15, 0.2) is 67.5 Å². The minimum atomic E-state index is -0.182. The van der Waals surface area contributed by atoms with Crippen LogP contribution in [0.5, 0.6) is 5.88 Å². The summed E-state index contributed by atoms with van der Waals surface area (Å²) >= 11 is 0. The molecule has 0 saturated carbocycles. The summed E-state index contributed by atoms with van der Waals surface area (Å²) in [7, 11) is 5.14. The molecule has 1 aliphatic heterocycles. The fraction of sp³-hybridized carbons (Fsp3) is 0.276. The van der Waals surface area contributed by atoms with Gasteiger partial charge in [0.25, 0.3) is 5.91 Å². The minimum absolute atomic E-state index is 0.182. The number of rotatable bonds is 7. The summed E-state index contributed by atoms with van der Waals surface area (Å²) < 4.78 is 8.68. The van der Waals surface area contributed by atoms with Gasteiger partial charge in [0, 0.05) is 99.9 Å². The van der Waals surface area contributed by atoms with Crippen LogP contribution in [0.2, 0.25) is 0 Å². The van der Waals surface area contributed by atoms with Crippen LogP contribution < -0.4 is 15.0 Å². The van der Waals surface area contributed by atoms with Gasteiger partial charge in [0.2, 0.25) is 5.88 Å². The molecule has 6 rings (SSSR count). The molecule has 0 atom stereocenters. The van der Waals surface area contributed by atoms with E-state index in [0.29, 0.717) is 11.4 Å². The Morgan fingerprint density at radius 2 is 1.77 bits per heavy atom. The van der Waals surface area contributed by atoms with Gasteiger partial charge in [0.15, 0.2) is 0 Å². The molecule has 0 radical (unpaired) electrons. The van der Waals surface area contributed by atoms with Crippen LogP contribution in [0.1, 0.15) is 15.9 Å². The quantitative estimate of drug-likeness (QED) is 0.338. The first kappa shape index (κ1) is 25.5. The van der Waals surface area contributed by atoms with E-state index in [4.69, 9.17) is 9.72 Å². The summed E-state index contributed by atoms with van der Waals surface area (Å²) in [5, 5.41) is 11.5. The first-order valence-corrected chi connectivity index (χ1v) is 13.2. The fourth-order valence-corrected chi connectivity index (χ4v) is 5.12. The molecule has 1 N–H and O–H groups in total. The first-order valence-electron chi connectivity index (χ1n) is 13.2. The van der Waals surface area contributed by atoms with Gasteiger partial charge in [-0.15, -0.1) is 0 Å². The van der Waals surface area contributed by atoms with Gasteiger partial charge < -0.3 is 15.0 Å². The maximum Gasteiger partial charge on any atom is 0.254 e. The predicted octanol–water partition coefficient (Wildman–Crippen LogP) is 2.88. The lowest BCUT2D eigenvalue weighted by Crippen LogP contribution is -2.46. The molecule has 0 spiro atoms. The van der Waals surface area contributed by atoms with Crippen LogP contribution in [0.4, 0.5) is 5.82 Å². The third kappa shape index (κ3) is 4.98. The zero-order valence-electron chi connectivity index (χ0n) is 22.8. The van der Waals surface area contributed by atoms with Gasteiger partial charge in [-0.05, 0) is 23.8 Å². The van der Waals surface area contributed by atoms with E-state index in [9.17, 15) is 4.79 Å². The van der Waals surface area contributed by atoms with E-state index in [1.807, 2.05) is 44.1 Å². The number of carbonyl (C=O) groups is 1. The van der Waals surface area contributed by atoms with Crippen molar-refractivity contribution in [1.29, 1.82) is 0 Å². The molecular weight excluding hydrogens is 506 g/mol. The molecule has 5 aromatic rings. The van der Waals surface area contributed by atoms with Crippen LogP contribution in [0, 0.1) is 0 Å². The number of fused-ring (bicyclic) bond motifs is 1. The van der Waals surface area contributed by atoms with Crippen LogP contribution in [-0.2, 0) is 13.6 Å². The third-order valence-electron chi connectivity index (χ3n) is 7.29. The Hall–Kier alpha value is -4.77. The van der Waals surface area contributed by atoms with Gasteiger partial charge in [-0.1, -0.05) is 6.07 Å². The van der Waals surface area contributed by atoms with Gasteiger partial charge in [-0.3, -0.25) is 14.4 Å². The molecule has 204 valence electrons. The van der Waals surface area contributed by atoms with Gasteiger partial charge in [-0.25, -0.2) is 14.5 Å². The van der Waals surface area contributed by atoms with Gasteiger partial charge in [0.1, 0.15) is 5.82 Å². The number of piperazine rings is 1. The molecule has 1 saturated heterocycles. The van der Waals surface area contributed by atoms with Crippen LogP contribution in [0.3, 0.4) is 0 Å². The normalized spacial score (nSPS) is 14.0.